The molecule has 2 aromatic carbocycles. The first kappa shape index (κ1) is 15.1. The van der Waals surface area contributed by atoms with Crippen LogP contribution in [0.4, 0.5) is 10.2 Å². The third kappa shape index (κ3) is 2.67. The minimum absolute atomic E-state index is 0.313. The van der Waals surface area contributed by atoms with Gasteiger partial charge < -0.3 is 15.5 Å². The van der Waals surface area contributed by atoms with Gasteiger partial charge in [-0.1, -0.05) is 18.2 Å². The molecule has 0 aliphatic heterocycles. The molecule has 0 bridgehead atoms. The van der Waals surface area contributed by atoms with Gasteiger partial charge in [0.05, 0.1) is 5.39 Å². The second-order valence-electron chi connectivity index (χ2n) is 5.66. The van der Waals surface area contributed by atoms with Gasteiger partial charge in [0.15, 0.2) is 0 Å². The molecule has 0 unspecified atom stereocenters. The first-order chi connectivity index (χ1) is 12.1. The highest BCUT2D eigenvalue weighted by atomic mass is 19.1. The van der Waals surface area contributed by atoms with Gasteiger partial charge in [-0.2, -0.15) is 0 Å². The summed E-state index contributed by atoms with van der Waals surface area (Å²) in [5.41, 5.74) is 8.42. The second kappa shape index (κ2) is 5.90. The van der Waals surface area contributed by atoms with Crippen LogP contribution in [0.25, 0.3) is 22.2 Å². The molecule has 5 nitrogen and oxygen atoms in total. The van der Waals surface area contributed by atoms with Crippen LogP contribution in [-0.2, 0) is 0 Å². The standard InChI is InChI=1S/C19H15FN4O/c1-11-16(17-18(21)22-10-23-19(17)24-11)14-8-7-13(9-15(14)20)25-12-5-3-2-4-6-12/h2-10H,1H3,(H3,21,22,23,24). The van der Waals surface area contributed by atoms with Crippen LogP contribution in [0.1, 0.15) is 5.69 Å². The van der Waals surface area contributed by atoms with E-state index in [1.807, 2.05) is 37.3 Å². The lowest BCUT2D eigenvalue weighted by Crippen LogP contribution is -1.94. The Balaban J connectivity index is 1.79. The molecule has 2 heterocycles. The maximum atomic E-state index is 14.8. The highest BCUT2D eigenvalue weighted by molar-refractivity contribution is 6.01. The zero-order valence-electron chi connectivity index (χ0n) is 13.5. The highest BCUT2D eigenvalue weighted by Crippen LogP contribution is 2.36. The van der Waals surface area contributed by atoms with Crippen LogP contribution in [0.15, 0.2) is 54.9 Å². The van der Waals surface area contributed by atoms with Gasteiger partial charge in [-0.15, -0.1) is 0 Å². The number of aromatic nitrogens is 3. The molecule has 4 aromatic rings. The molecule has 0 radical (unpaired) electrons. The fourth-order valence-electron chi connectivity index (χ4n) is 2.89. The van der Waals surface area contributed by atoms with Crippen molar-refractivity contribution in [2.45, 2.75) is 6.92 Å². The number of benzene rings is 2. The number of rotatable bonds is 3. The third-order valence-electron chi connectivity index (χ3n) is 4.00. The Morgan fingerprint density at radius 2 is 1.84 bits per heavy atom. The third-order valence-corrected chi connectivity index (χ3v) is 4.00. The lowest BCUT2D eigenvalue weighted by Gasteiger charge is -2.09. The van der Waals surface area contributed by atoms with Gasteiger partial charge in [0.2, 0.25) is 0 Å². The highest BCUT2D eigenvalue weighted by Gasteiger charge is 2.18. The number of ether oxygens (including phenoxy) is 1. The molecule has 3 N–H and O–H groups in total. The number of para-hydroxylation sites is 1. The average Bonchev–Trinajstić information content (AvgIpc) is 2.93. The number of nitrogens with two attached hydrogens (primary N) is 1. The van der Waals surface area contributed by atoms with E-state index in [1.165, 1.54) is 12.4 Å². The van der Waals surface area contributed by atoms with E-state index < -0.39 is 5.82 Å². The summed E-state index contributed by atoms with van der Waals surface area (Å²) in [7, 11) is 0. The summed E-state index contributed by atoms with van der Waals surface area (Å²) in [6.45, 7) is 1.85. The fourth-order valence-corrected chi connectivity index (χ4v) is 2.89. The molecule has 124 valence electrons. The van der Waals surface area contributed by atoms with Crippen molar-refractivity contribution in [3.63, 3.8) is 0 Å². The Morgan fingerprint density at radius 1 is 1.04 bits per heavy atom. The van der Waals surface area contributed by atoms with Crippen molar-refractivity contribution in [2.75, 3.05) is 5.73 Å². The van der Waals surface area contributed by atoms with Crippen molar-refractivity contribution in [3.8, 4) is 22.6 Å². The molecule has 0 atom stereocenters. The van der Waals surface area contributed by atoms with E-state index in [0.29, 0.717) is 39.5 Å². The van der Waals surface area contributed by atoms with Crippen LogP contribution in [0.5, 0.6) is 11.5 Å². The Hall–Kier alpha value is -3.41. The van der Waals surface area contributed by atoms with E-state index in [1.54, 1.807) is 12.1 Å². The Labute approximate surface area is 143 Å². The molecule has 0 fully saturated rings. The predicted octanol–water partition coefficient (Wildman–Crippen LogP) is 4.45. The Bertz CT molecular complexity index is 1060. The van der Waals surface area contributed by atoms with E-state index in [9.17, 15) is 4.39 Å². The average molecular weight is 334 g/mol. The number of anilines is 1. The number of nitrogens with zero attached hydrogens (tertiary/aromatic N) is 2. The molecular formula is C19H15FN4O. The molecule has 6 heteroatoms. The summed E-state index contributed by atoms with van der Waals surface area (Å²) in [6.07, 6.45) is 1.38. The van der Waals surface area contributed by atoms with Gasteiger partial charge in [0, 0.05) is 22.9 Å². The number of nitrogens with one attached hydrogen (secondary N) is 1. The number of fused-ring (bicyclic) bond motifs is 1. The minimum atomic E-state index is -0.402. The van der Waals surface area contributed by atoms with Gasteiger partial charge >= 0.3 is 0 Å². The van der Waals surface area contributed by atoms with E-state index in [2.05, 4.69) is 15.0 Å². The van der Waals surface area contributed by atoms with E-state index in [-0.39, 0.29) is 0 Å². The van der Waals surface area contributed by atoms with E-state index in [0.717, 1.165) is 5.69 Å². The van der Waals surface area contributed by atoms with Crippen molar-refractivity contribution in [2.24, 2.45) is 0 Å². The normalized spacial score (nSPS) is 11.0. The molecule has 0 saturated heterocycles. The number of nitrogen functional groups attached to an aromatic ring is 1. The summed E-state index contributed by atoms with van der Waals surface area (Å²) in [5, 5.41) is 0.621. The monoisotopic (exact) mass is 334 g/mol. The van der Waals surface area contributed by atoms with Gasteiger partial charge in [0.25, 0.3) is 0 Å². The number of aryl methyl sites for hydroxylation is 1. The van der Waals surface area contributed by atoms with Crippen LogP contribution >= 0.6 is 0 Å². The number of hydrogen-bond donors (Lipinski definition) is 2. The SMILES string of the molecule is Cc1[nH]c2ncnc(N)c2c1-c1ccc(Oc2ccccc2)cc1F. The maximum absolute atomic E-state index is 14.8. The molecule has 4 rings (SSSR count). The molecule has 0 aliphatic rings. The number of aromatic amines is 1. The van der Waals surface area contributed by atoms with E-state index in [4.69, 9.17) is 10.5 Å². The first-order valence-corrected chi connectivity index (χ1v) is 7.75. The van der Waals surface area contributed by atoms with Crippen LogP contribution in [-0.4, -0.2) is 15.0 Å². The van der Waals surface area contributed by atoms with Gasteiger partial charge in [-0.3, -0.25) is 0 Å². The zero-order valence-corrected chi connectivity index (χ0v) is 13.5. The summed E-state index contributed by atoms with van der Waals surface area (Å²) in [5.74, 6) is 0.985. The van der Waals surface area contributed by atoms with Crippen molar-refractivity contribution < 1.29 is 9.13 Å². The predicted molar refractivity (Wildman–Crippen MR) is 94.9 cm³/mol. The van der Waals surface area contributed by atoms with Crippen LogP contribution in [0.3, 0.4) is 0 Å². The smallest absolute Gasteiger partial charge is 0.143 e. The largest absolute Gasteiger partial charge is 0.457 e. The molecule has 0 aliphatic carbocycles. The molecule has 0 amide bonds. The zero-order chi connectivity index (χ0) is 17.4. The number of H-pyrrole nitrogens is 1. The van der Waals surface area contributed by atoms with Gasteiger partial charge in [-0.25, -0.2) is 14.4 Å². The van der Waals surface area contributed by atoms with Crippen LogP contribution in [0, 0.1) is 12.7 Å². The number of hydrogen-bond acceptors (Lipinski definition) is 4. The summed E-state index contributed by atoms with van der Waals surface area (Å²) < 4.78 is 20.5. The fraction of sp³-hybridized carbons (Fsp3) is 0.0526. The van der Waals surface area contributed by atoms with Gasteiger partial charge in [-0.05, 0) is 31.2 Å². The quantitative estimate of drug-likeness (QED) is 0.580. The molecule has 0 spiro atoms. The Kier molecular flexibility index (Phi) is 3.57. The van der Waals surface area contributed by atoms with Crippen molar-refractivity contribution in [3.05, 3.63) is 66.4 Å². The van der Waals surface area contributed by atoms with E-state index >= 15 is 0 Å². The number of halogens is 1. The lowest BCUT2D eigenvalue weighted by atomic mass is 10.0. The van der Waals surface area contributed by atoms with Crippen molar-refractivity contribution in [1.82, 2.24) is 15.0 Å². The summed E-state index contributed by atoms with van der Waals surface area (Å²) >= 11 is 0. The lowest BCUT2D eigenvalue weighted by molar-refractivity contribution is 0.477. The summed E-state index contributed by atoms with van der Waals surface area (Å²) in [6, 6.07) is 14.0. The first-order valence-electron chi connectivity index (χ1n) is 7.75. The van der Waals surface area contributed by atoms with Gasteiger partial charge in [0.1, 0.15) is 35.1 Å². The van der Waals surface area contributed by atoms with Crippen LogP contribution < -0.4 is 10.5 Å². The van der Waals surface area contributed by atoms with Crippen LogP contribution in [0.2, 0.25) is 0 Å². The second-order valence-corrected chi connectivity index (χ2v) is 5.66. The molecule has 25 heavy (non-hydrogen) atoms. The molecular weight excluding hydrogens is 319 g/mol. The Morgan fingerprint density at radius 3 is 2.60 bits per heavy atom. The van der Waals surface area contributed by atoms with Crippen molar-refractivity contribution >= 4 is 16.9 Å². The summed E-state index contributed by atoms with van der Waals surface area (Å²) in [4.78, 5) is 11.3. The minimum Gasteiger partial charge on any atom is -0.457 e. The molecule has 2 aromatic heterocycles. The van der Waals surface area contributed by atoms with Crippen molar-refractivity contribution in [1.29, 1.82) is 0 Å². The molecule has 0 saturated carbocycles. The topological polar surface area (TPSA) is 76.8 Å². The maximum Gasteiger partial charge on any atom is 0.143 e.